The van der Waals surface area contributed by atoms with Gasteiger partial charge in [-0.3, -0.25) is 4.79 Å². The SMILES string of the molecule is CCOC(=O)c1sc2[nH]c(=O)ccc2c1-c1ccccc1. The highest BCUT2D eigenvalue weighted by atomic mass is 32.1. The van der Waals surface area contributed by atoms with Gasteiger partial charge in [0.1, 0.15) is 9.71 Å². The lowest BCUT2D eigenvalue weighted by Gasteiger charge is -2.04. The lowest BCUT2D eigenvalue weighted by atomic mass is 10.0. The van der Waals surface area contributed by atoms with E-state index in [-0.39, 0.29) is 11.5 Å². The van der Waals surface area contributed by atoms with E-state index >= 15 is 0 Å². The molecule has 5 heteroatoms. The smallest absolute Gasteiger partial charge is 0.349 e. The molecule has 1 N–H and O–H groups in total. The Morgan fingerprint density at radius 2 is 1.95 bits per heavy atom. The van der Waals surface area contributed by atoms with Gasteiger partial charge in [0, 0.05) is 17.0 Å². The van der Waals surface area contributed by atoms with Gasteiger partial charge in [0.05, 0.1) is 6.61 Å². The molecule has 0 fully saturated rings. The molecule has 0 aliphatic rings. The summed E-state index contributed by atoms with van der Waals surface area (Å²) < 4.78 is 5.13. The fraction of sp³-hybridized carbons (Fsp3) is 0.125. The number of benzene rings is 1. The molecule has 0 saturated heterocycles. The molecule has 2 heterocycles. The summed E-state index contributed by atoms with van der Waals surface area (Å²) in [5, 5.41) is 0.855. The number of hydrogen-bond donors (Lipinski definition) is 1. The van der Waals surface area contributed by atoms with Crippen LogP contribution in [-0.2, 0) is 4.74 Å². The summed E-state index contributed by atoms with van der Waals surface area (Å²) in [6.45, 7) is 2.09. The minimum Gasteiger partial charge on any atom is -0.462 e. The molecule has 0 unspecified atom stereocenters. The molecular formula is C16H13NO3S. The molecule has 3 rings (SSSR count). The predicted molar refractivity (Wildman–Crippen MR) is 83.8 cm³/mol. The number of carbonyl (C=O) groups is 1. The number of hydrogen-bond acceptors (Lipinski definition) is 4. The Morgan fingerprint density at radius 1 is 1.19 bits per heavy atom. The topological polar surface area (TPSA) is 59.2 Å². The number of aromatic nitrogens is 1. The fourth-order valence-electron chi connectivity index (χ4n) is 2.24. The van der Waals surface area contributed by atoms with Crippen molar-refractivity contribution in [3.63, 3.8) is 0 Å². The van der Waals surface area contributed by atoms with E-state index in [2.05, 4.69) is 4.98 Å². The number of fused-ring (bicyclic) bond motifs is 1. The standard InChI is InChI=1S/C16H13NO3S/c1-2-20-16(19)14-13(10-6-4-3-5-7-10)11-8-9-12(18)17-15(11)21-14/h3-9H,2H2,1H3,(H,17,18). The van der Waals surface area contributed by atoms with Gasteiger partial charge in [-0.15, -0.1) is 11.3 Å². The highest BCUT2D eigenvalue weighted by molar-refractivity contribution is 7.21. The minimum absolute atomic E-state index is 0.182. The summed E-state index contributed by atoms with van der Waals surface area (Å²) in [6, 6.07) is 12.8. The molecule has 0 spiro atoms. The number of carbonyl (C=O) groups excluding carboxylic acids is 1. The van der Waals surface area contributed by atoms with Crippen LogP contribution in [0.2, 0.25) is 0 Å². The van der Waals surface area contributed by atoms with E-state index in [0.717, 1.165) is 16.5 Å². The Hall–Kier alpha value is -2.40. The van der Waals surface area contributed by atoms with Gasteiger partial charge in [-0.2, -0.15) is 0 Å². The number of ether oxygens (including phenoxy) is 1. The molecule has 0 bridgehead atoms. The van der Waals surface area contributed by atoms with Crippen LogP contribution in [-0.4, -0.2) is 17.6 Å². The first kappa shape index (κ1) is 13.6. The number of nitrogens with one attached hydrogen (secondary N) is 1. The third kappa shape index (κ3) is 2.48. The number of H-pyrrole nitrogens is 1. The molecule has 0 saturated carbocycles. The molecular weight excluding hydrogens is 286 g/mol. The quantitative estimate of drug-likeness (QED) is 0.754. The van der Waals surface area contributed by atoms with Gasteiger partial charge in [-0.1, -0.05) is 30.3 Å². The fourth-order valence-corrected chi connectivity index (χ4v) is 3.35. The van der Waals surface area contributed by atoms with Crippen LogP contribution in [0.5, 0.6) is 0 Å². The van der Waals surface area contributed by atoms with Crippen molar-refractivity contribution in [2.75, 3.05) is 6.61 Å². The van der Waals surface area contributed by atoms with Crippen molar-refractivity contribution < 1.29 is 9.53 Å². The van der Waals surface area contributed by atoms with Crippen LogP contribution in [0.4, 0.5) is 0 Å². The minimum atomic E-state index is -0.363. The third-order valence-electron chi connectivity index (χ3n) is 3.11. The van der Waals surface area contributed by atoms with Crippen LogP contribution in [0.3, 0.4) is 0 Å². The van der Waals surface area contributed by atoms with Crippen LogP contribution >= 0.6 is 11.3 Å². The Kier molecular flexibility index (Phi) is 3.58. The van der Waals surface area contributed by atoms with E-state index in [1.807, 2.05) is 30.3 Å². The summed E-state index contributed by atoms with van der Waals surface area (Å²) in [6.07, 6.45) is 0. The second-order valence-electron chi connectivity index (χ2n) is 4.46. The van der Waals surface area contributed by atoms with Crippen LogP contribution in [0.15, 0.2) is 47.3 Å². The largest absolute Gasteiger partial charge is 0.462 e. The zero-order chi connectivity index (χ0) is 14.8. The Morgan fingerprint density at radius 3 is 2.67 bits per heavy atom. The van der Waals surface area contributed by atoms with Crippen LogP contribution in [0.1, 0.15) is 16.6 Å². The molecule has 21 heavy (non-hydrogen) atoms. The van der Waals surface area contributed by atoms with Gasteiger partial charge < -0.3 is 9.72 Å². The molecule has 106 valence electrons. The molecule has 2 aromatic heterocycles. The first-order valence-corrected chi connectivity index (χ1v) is 7.40. The van der Waals surface area contributed by atoms with Crippen molar-refractivity contribution in [2.45, 2.75) is 6.92 Å². The van der Waals surface area contributed by atoms with Gasteiger partial charge >= 0.3 is 5.97 Å². The van der Waals surface area contributed by atoms with E-state index in [1.54, 1.807) is 13.0 Å². The number of aromatic amines is 1. The number of thiophene rings is 1. The molecule has 1 aromatic carbocycles. The number of esters is 1. The zero-order valence-corrected chi connectivity index (χ0v) is 12.2. The van der Waals surface area contributed by atoms with E-state index in [0.29, 0.717) is 16.3 Å². The Bertz CT molecular complexity index is 849. The summed E-state index contributed by atoms with van der Waals surface area (Å²) in [4.78, 5) is 27.6. The molecule has 0 radical (unpaired) electrons. The van der Waals surface area contributed by atoms with Gasteiger partial charge in [0.2, 0.25) is 5.56 Å². The zero-order valence-electron chi connectivity index (χ0n) is 11.4. The third-order valence-corrected chi connectivity index (χ3v) is 4.21. The van der Waals surface area contributed by atoms with Crippen molar-refractivity contribution in [1.82, 2.24) is 4.98 Å². The maximum Gasteiger partial charge on any atom is 0.349 e. The summed E-state index contributed by atoms with van der Waals surface area (Å²) >= 11 is 1.25. The van der Waals surface area contributed by atoms with E-state index < -0.39 is 0 Å². The van der Waals surface area contributed by atoms with Gasteiger partial charge in [0.15, 0.2) is 0 Å². The number of pyridine rings is 1. The van der Waals surface area contributed by atoms with Crippen LogP contribution < -0.4 is 5.56 Å². The molecule has 3 aromatic rings. The van der Waals surface area contributed by atoms with E-state index in [4.69, 9.17) is 4.74 Å². The van der Waals surface area contributed by atoms with Crippen molar-refractivity contribution in [3.05, 3.63) is 57.7 Å². The molecule has 0 atom stereocenters. The summed E-state index contributed by atoms with van der Waals surface area (Å²) in [5.41, 5.74) is 1.56. The molecule has 0 amide bonds. The van der Waals surface area contributed by atoms with E-state index in [9.17, 15) is 9.59 Å². The van der Waals surface area contributed by atoms with Crippen molar-refractivity contribution >= 4 is 27.5 Å². The second kappa shape index (κ2) is 5.54. The van der Waals surface area contributed by atoms with Gasteiger partial charge in [-0.25, -0.2) is 4.79 Å². The van der Waals surface area contributed by atoms with Gasteiger partial charge in [0.25, 0.3) is 0 Å². The Labute approximate surface area is 125 Å². The first-order valence-electron chi connectivity index (χ1n) is 6.59. The summed E-state index contributed by atoms with van der Waals surface area (Å²) in [5.74, 6) is -0.363. The summed E-state index contributed by atoms with van der Waals surface area (Å²) in [7, 11) is 0. The molecule has 0 aliphatic heterocycles. The van der Waals surface area contributed by atoms with E-state index in [1.165, 1.54) is 17.4 Å². The lowest BCUT2D eigenvalue weighted by molar-refractivity contribution is 0.0533. The van der Waals surface area contributed by atoms with Gasteiger partial charge in [-0.05, 0) is 18.6 Å². The number of rotatable bonds is 3. The van der Waals surface area contributed by atoms with Crippen LogP contribution in [0.25, 0.3) is 21.3 Å². The van der Waals surface area contributed by atoms with Crippen molar-refractivity contribution in [2.24, 2.45) is 0 Å². The second-order valence-corrected chi connectivity index (χ2v) is 5.48. The van der Waals surface area contributed by atoms with Crippen molar-refractivity contribution in [1.29, 1.82) is 0 Å². The Balaban J connectivity index is 2.30. The van der Waals surface area contributed by atoms with Crippen molar-refractivity contribution in [3.8, 4) is 11.1 Å². The lowest BCUT2D eigenvalue weighted by Crippen LogP contribution is -2.03. The van der Waals surface area contributed by atoms with Crippen LogP contribution in [0, 0.1) is 0 Å². The maximum absolute atomic E-state index is 12.2. The molecule has 0 aliphatic carbocycles. The molecule has 4 nitrogen and oxygen atoms in total. The maximum atomic E-state index is 12.2. The monoisotopic (exact) mass is 299 g/mol. The average molecular weight is 299 g/mol. The normalized spacial score (nSPS) is 10.7. The highest BCUT2D eigenvalue weighted by Gasteiger charge is 2.21. The highest BCUT2D eigenvalue weighted by Crippen LogP contribution is 2.37. The first-order chi connectivity index (χ1) is 10.2. The average Bonchev–Trinajstić information content (AvgIpc) is 2.87. The predicted octanol–water partition coefficient (Wildman–Crippen LogP) is 3.43.